The van der Waals surface area contributed by atoms with E-state index in [1.807, 2.05) is 0 Å². The molecule has 0 amide bonds. The fourth-order valence-electron chi connectivity index (χ4n) is 2.40. The molecule has 80 valence electrons. The molecule has 2 rings (SSSR count). The maximum atomic E-state index is 3.59. The van der Waals surface area contributed by atoms with Crippen LogP contribution in [0.2, 0.25) is 0 Å². The first-order chi connectivity index (χ1) is 6.78. The second kappa shape index (κ2) is 4.77. The Kier molecular flexibility index (Phi) is 3.63. The third-order valence-corrected chi connectivity index (χ3v) is 3.92. The zero-order valence-electron chi connectivity index (χ0n) is 8.80. The van der Waals surface area contributed by atoms with Gasteiger partial charge in [0, 0.05) is 30.2 Å². The van der Waals surface area contributed by atoms with Crippen molar-refractivity contribution in [1.29, 1.82) is 0 Å². The molecule has 1 heterocycles. The Bertz CT molecular complexity index is 221. The van der Waals surface area contributed by atoms with Gasteiger partial charge in [-0.05, 0) is 32.2 Å². The Balaban J connectivity index is 1.69. The molecular formula is C11H19BrN2. The average Bonchev–Trinajstić information content (AvgIpc) is 2.10. The van der Waals surface area contributed by atoms with Crippen LogP contribution in [0.5, 0.6) is 0 Å². The Labute approximate surface area is 94.9 Å². The van der Waals surface area contributed by atoms with Gasteiger partial charge < -0.3 is 5.32 Å². The van der Waals surface area contributed by atoms with Crippen LogP contribution in [0.3, 0.4) is 0 Å². The molecule has 0 bridgehead atoms. The Hall–Kier alpha value is 0.140. The SMILES string of the molecule is CNC1CC(CN2CCC=C(Br)C2)C1. The number of nitrogens with one attached hydrogen (secondary N) is 1. The van der Waals surface area contributed by atoms with Gasteiger partial charge in [0.1, 0.15) is 0 Å². The van der Waals surface area contributed by atoms with Crippen molar-refractivity contribution in [1.82, 2.24) is 10.2 Å². The van der Waals surface area contributed by atoms with Crippen LogP contribution in [0, 0.1) is 5.92 Å². The molecule has 3 heteroatoms. The molecule has 1 N–H and O–H groups in total. The van der Waals surface area contributed by atoms with Crippen LogP contribution >= 0.6 is 15.9 Å². The number of halogens is 1. The molecule has 14 heavy (non-hydrogen) atoms. The van der Waals surface area contributed by atoms with Crippen molar-refractivity contribution in [2.45, 2.75) is 25.3 Å². The molecule has 1 aliphatic carbocycles. The summed E-state index contributed by atoms with van der Waals surface area (Å²) in [6.45, 7) is 3.66. The lowest BCUT2D eigenvalue weighted by Crippen LogP contribution is -2.45. The molecule has 0 saturated heterocycles. The van der Waals surface area contributed by atoms with Gasteiger partial charge in [0.25, 0.3) is 0 Å². The van der Waals surface area contributed by atoms with Gasteiger partial charge in [0.2, 0.25) is 0 Å². The molecular weight excluding hydrogens is 240 g/mol. The highest BCUT2D eigenvalue weighted by atomic mass is 79.9. The van der Waals surface area contributed by atoms with Crippen LogP contribution in [-0.4, -0.2) is 37.6 Å². The largest absolute Gasteiger partial charge is 0.317 e. The van der Waals surface area contributed by atoms with Crippen molar-refractivity contribution in [2.75, 3.05) is 26.7 Å². The van der Waals surface area contributed by atoms with Crippen molar-refractivity contribution in [3.8, 4) is 0 Å². The van der Waals surface area contributed by atoms with Crippen molar-refractivity contribution in [2.24, 2.45) is 5.92 Å². The molecule has 0 aromatic rings. The second-order valence-corrected chi connectivity index (χ2v) is 5.52. The Morgan fingerprint density at radius 1 is 1.57 bits per heavy atom. The standard InChI is InChI=1S/C11H19BrN2/c1-13-11-5-9(6-11)7-14-4-2-3-10(12)8-14/h3,9,11,13H,2,4-8H2,1H3. The van der Waals surface area contributed by atoms with Crippen molar-refractivity contribution < 1.29 is 0 Å². The van der Waals surface area contributed by atoms with Crippen LogP contribution in [0.4, 0.5) is 0 Å². The fourth-order valence-corrected chi connectivity index (χ4v) is 2.99. The van der Waals surface area contributed by atoms with Gasteiger partial charge in [0.15, 0.2) is 0 Å². The van der Waals surface area contributed by atoms with Crippen LogP contribution in [0.1, 0.15) is 19.3 Å². The fraction of sp³-hybridized carbons (Fsp3) is 0.818. The number of nitrogens with zero attached hydrogens (tertiary/aromatic N) is 1. The number of hydrogen-bond acceptors (Lipinski definition) is 2. The molecule has 1 fully saturated rings. The molecule has 0 aromatic carbocycles. The second-order valence-electron chi connectivity index (χ2n) is 4.50. The Morgan fingerprint density at radius 2 is 2.36 bits per heavy atom. The van der Waals surface area contributed by atoms with E-state index in [0.717, 1.165) is 18.5 Å². The lowest BCUT2D eigenvalue weighted by Gasteiger charge is -2.39. The summed E-state index contributed by atoms with van der Waals surface area (Å²) in [6.07, 6.45) is 6.25. The highest BCUT2D eigenvalue weighted by Crippen LogP contribution is 2.29. The summed E-state index contributed by atoms with van der Waals surface area (Å²) in [4.78, 5) is 2.57. The van der Waals surface area contributed by atoms with Gasteiger partial charge in [-0.2, -0.15) is 0 Å². The molecule has 1 saturated carbocycles. The lowest BCUT2D eigenvalue weighted by molar-refractivity contribution is 0.154. The van der Waals surface area contributed by atoms with E-state index < -0.39 is 0 Å². The third kappa shape index (κ3) is 2.59. The minimum atomic E-state index is 0.795. The van der Waals surface area contributed by atoms with Gasteiger partial charge >= 0.3 is 0 Å². The Morgan fingerprint density at radius 3 is 3.00 bits per heavy atom. The van der Waals surface area contributed by atoms with E-state index in [1.54, 1.807) is 0 Å². The maximum Gasteiger partial charge on any atom is 0.0296 e. The maximum absolute atomic E-state index is 3.59. The van der Waals surface area contributed by atoms with Crippen LogP contribution < -0.4 is 5.32 Å². The van der Waals surface area contributed by atoms with Crippen molar-refractivity contribution in [3.63, 3.8) is 0 Å². The first-order valence-electron chi connectivity index (χ1n) is 5.52. The minimum absolute atomic E-state index is 0.795. The predicted molar refractivity (Wildman–Crippen MR) is 63.6 cm³/mol. The molecule has 0 radical (unpaired) electrons. The predicted octanol–water partition coefficient (Wildman–Crippen LogP) is 1.97. The van der Waals surface area contributed by atoms with E-state index in [9.17, 15) is 0 Å². The molecule has 0 unspecified atom stereocenters. The molecule has 1 aliphatic heterocycles. The number of rotatable bonds is 3. The molecule has 2 nitrogen and oxygen atoms in total. The van der Waals surface area contributed by atoms with Gasteiger partial charge in [-0.1, -0.05) is 22.0 Å². The summed E-state index contributed by atoms with van der Waals surface area (Å²) in [6, 6.07) is 0.795. The van der Waals surface area contributed by atoms with Crippen molar-refractivity contribution in [3.05, 3.63) is 10.6 Å². The van der Waals surface area contributed by atoms with Gasteiger partial charge in [-0.15, -0.1) is 0 Å². The highest BCUT2D eigenvalue weighted by Gasteiger charge is 2.29. The van der Waals surface area contributed by atoms with E-state index >= 15 is 0 Å². The zero-order chi connectivity index (χ0) is 9.97. The highest BCUT2D eigenvalue weighted by molar-refractivity contribution is 9.11. The number of hydrogen-bond donors (Lipinski definition) is 1. The summed E-state index contributed by atoms with van der Waals surface area (Å²) >= 11 is 3.59. The first kappa shape index (κ1) is 10.7. The van der Waals surface area contributed by atoms with Gasteiger partial charge in [-0.3, -0.25) is 4.90 Å². The third-order valence-electron chi connectivity index (χ3n) is 3.35. The smallest absolute Gasteiger partial charge is 0.0296 e. The molecule has 0 aromatic heterocycles. The molecule has 0 spiro atoms. The average molecular weight is 259 g/mol. The summed E-state index contributed by atoms with van der Waals surface area (Å²) in [5.41, 5.74) is 0. The van der Waals surface area contributed by atoms with Crippen molar-refractivity contribution >= 4 is 15.9 Å². The first-order valence-corrected chi connectivity index (χ1v) is 6.31. The summed E-state index contributed by atoms with van der Waals surface area (Å²) < 4.78 is 1.37. The van der Waals surface area contributed by atoms with Crippen LogP contribution in [-0.2, 0) is 0 Å². The quantitative estimate of drug-likeness (QED) is 0.833. The normalized spacial score (nSPS) is 33.7. The van der Waals surface area contributed by atoms with E-state index in [0.29, 0.717) is 0 Å². The topological polar surface area (TPSA) is 15.3 Å². The van der Waals surface area contributed by atoms with Crippen LogP contribution in [0.15, 0.2) is 10.6 Å². The van der Waals surface area contributed by atoms with Gasteiger partial charge in [-0.25, -0.2) is 0 Å². The lowest BCUT2D eigenvalue weighted by atomic mass is 9.80. The van der Waals surface area contributed by atoms with Gasteiger partial charge in [0.05, 0.1) is 0 Å². The molecule has 0 atom stereocenters. The van der Waals surface area contributed by atoms with Crippen LogP contribution in [0.25, 0.3) is 0 Å². The minimum Gasteiger partial charge on any atom is -0.317 e. The molecule has 2 aliphatic rings. The van der Waals surface area contributed by atoms with E-state index in [2.05, 4.69) is 39.3 Å². The summed E-state index contributed by atoms with van der Waals surface area (Å²) in [7, 11) is 2.07. The summed E-state index contributed by atoms with van der Waals surface area (Å²) in [5.74, 6) is 0.936. The zero-order valence-corrected chi connectivity index (χ0v) is 10.4. The summed E-state index contributed by atoms with van der Waals surface area (Å²) in [5, 5.41) is 3.34. The van der Waals surface area contributed by atoms with E-state index in [-0.39, 0.29) is 0 Å². The van der Waals surface area contributed by atoms with E-state index in [4.69, 9.17) is 0 Å². The van der Waals surface area contributed by atoms with E-state index in [1.165, 1.54) is 36.8 Å². The monoisotopic (exact) mass is 258 g/mol.